The lowest BCUT2D eigenvalue weighted by molar-refractivity contribution is -0.148. The Bertz CT molecular complexity index is 401. The maximum atomic E-state index is 12.1. The van der Waals surface area contributed by atoms with Crippen LogP contribution in [0.4, 0.5) is 0 Å². The van der Waals surface area contributed by atoms with Crippen LogP contribution in [0.15, 0.2) is 0 Å². The molecule has 3 atom stereocenters. The van der Waals surface area contributed by atoms with Crippen LogP contribution in [0.3, 0.4) is 0 Å². The summed E-state index contributed by atoms with van der Waals surface area (Å²) in [6, 6.07) is -1.84. The van der Waals surface area contributed by atoms with Crippen molar-refractivity contribution in [2.45, 2.75) is 38.8 Å². The van der Waals surface area contributed by atoms with Gasteiger partial charge in [-0.05, 0) is 26.7 Å². The van der Waals surface area contributed by atoms with Gasteiger partial charge in [-0.1, -0.05) is 0 Å². The highest BCUT2D eigenvalue weighted by Crippen LogP contribution is 2.37. The Morgan fingerprint density at radius 2 is 2.21 bits per heavy atom. The fraction of sp³-hybridized carbons (Fsp3) is 0.800. The van der Waals surface area contributed by atoms with E-state index in [4.69, 9.17) is 5.11 Å². The Morgan fingerprint density at radius 3 is 2.74 bits per heavy atom. The van der Waals surface area contributed by atoms with Gasteiger partial charge in [-0.25, -0.2) is 14.4 Å². The van der Waals surface area contributed by atoms with E-state index in [0.717, 1.165) is 0 Å². The van der Waals surface area contributed by atoms with Crippen molar-refractivity contribution in [2.24, 2.45) is 0 Å². The van der Waals surface area contributed by atoms with Crippen molar-refractivity contribution in [2.75, 3.05) is 13.2 Å². The second-order valence-corrected chi connectivity index (χ2v) is 5.87. The number of aliphatic carboxylic acids is 1. The van der Waals surface area contributed by atoms with Crippen molar-refractivity contribution < 1.29 is 28.7 Å². The topological polar surface area (TPSA) is 116 Å². The monoisotopic (exact) mass is 294 g/mol. The van der Waals surface area contributed by atoms with Crippen LogP contribution in [0.2, 0.25) is 0 Å². The van der Waals surface area contributed by atoms with Gasteiger partial charge in [0.15, 0.2) is 0 Å². The van der Waals surface area contributed by atoms with Gasteiger partial charge in [0.05, 0.1) is 12.6 Å². The highest BCUT2D eigenvalue weighted by Gasteiger charge is 2.37. The van der Waals surface area contributed by atoms with Crippen molar-refractivity contribution >= 4 is 19.6 Å². The molecule has 0 aromatic heterocycles. The van der Waals surface area contributed by atoms with Crippen LogP contribution >= 0.6 is 7.75 Å². The molecule has 19 heavy (non-hydrogen) atoms. The predicted molar refractivity (Wildman–Crippen MR) is 66.4 cm³/mol. The van der Waals surface area contributed by atoms with Crippen molar-refractivity contribution in [3.8, 4) is 0 Å². The summed E-state index contributed by atoms with van der Waals surface area (Å²) in [6.45, 7) is 3.33. The molecule has 110 valence electrons. The standard InChI is InChI=1S/C10H19N2O6P/c1-3-18-19(16,17)11-7(2)9(13)12-6-4-5-8(12)10(14)15/h7-8H,3-6H2,1-2H3,(H,14,15)(H2,11,16,17)/t7-,8-/m0/s1. The van der Waals surface area contributed by atoms with Crippen LogP contribution in [0.1, 0.15) is 26.7 Å². The number of nitrogens with zero attached hydrogens (tertiary/aromatic N) is 1. The molecule has 1 rings (SSSR count). The van der Waals surface area contributed by atoms with E-state index >= 15 is 0 Å². The van der Waals surface area contributed by atoms with Gasteiger partial charge in [0.1, 0.15) is 6.04 Å². The Labute approximate surface area is 111 Å². The van der Waals surface area contributed by atoms with E-state index in [2.05, 4.69) is 9.61 Å². The molecule has 3 N–H and O–H groups in total. The molecule has 1 aliphatic rings. The van der Waals surface area contributed by atoms with Gasteiger partial charge in [-0.2, -0.15) is 0 Å². The summed E-state index contributed by atoms with van der Waals surface area (Å²) >= 11 is 0. The fourth-order valence-corrected chi connectivity index (χ4v) is 3.07. The summed E-state index contributed by atoms with van der Waals surface area (Å²) in [6.07, 6.45) is 1.01. The van der Waals surface area contributed by atoms with E-state index in [1.165, 1.54) is 11.8 Å². The summed E-state index contributed by atoms with van der Waals surface area (Å²) in [7, 11) is -4.03. The molecule has 8 nitrogen and oxygen atoms in total. The third-order valence-electron chi connectivity index (χ3n) is 2.85. The Morgan fingerprint density at radius 1 is 1.58 bits per heavy atom. The molecule has 1 aliphatic heterocycles. The number of nitrogens with one attached hydrogen (secondary N) is 1. The zero-order chi connectivity index (χ0) is 14.6. The molecule has 0 radical (unpaired) electrons. The summed E-state index contributed by atoms with van der Waals surface area (Å²) in [5.41, 5.74) is 0. The third kappa shape index (κ3) is 4.28. The molecule has 0 saturated carbocycles. The minimum absolute atomic E-state index is 0.0309. The first-order chi connectivity index (χ1) is 8.78. The number of carbonyl (C=O) groups is 2. The first kappa shape index (κ1) is 16.1. The zero-order valence-corrected chi connectivity index (χ0v) is 11.8. The highest BCUT2D eigenvalue weighted by molar-refractivity contribution is 7.50. The largest absolute Gasteiger partial charge is 0.480 e. The summed E-state index contributed by atoms with van der Waals surface area (Å²) < 4.78 is 16.1. The molecular formula is C10H19N2O6P. The summed E-state index contributed by atoms with van der Waals surface area (Å²) in [4.78, 5) is 33.6. The molecule has 1 fully saturated rings. The SMILES string of the molecule is CCOP(=O)(O)N[C@@H](C)C(=O)N1CCC[C@H]1C(=O)O. The van der Waals surface area contributed by atoms with Crippen LogP contribution < -0.4 is 5.09 Å². The average Bonchev–Trinajstić information content (AvgIpc) is 2.75. The van der Waals surface area contributed by atoms with Gasteiger partial charge < -0.3 is 14.9 Å². The van der Waals surface area contributed by atoms with Crippen molar-refractivity contribution in [1.29, 1.82) is 0 Å². The smallest absolute Gasteiger partial charge is 0.403 e. The van der Waals surface area contributed by atoms with Gasteiger partial charge in [0.25, 0.3) is 0 Å². The number of carboxylic acid groups (broad SMARTS) is 1. The van der Waals surface area contributed by atoms with Crippen molar-refractivity contribution in [1.82, 2.24) is 9.99 Å². The number of hydrogen-bond acceptors (Lipinski definition) is 4. The molecule has 1 saturated heterocycles. The predicted octanol–water partition coefficient (Wildman–Crippen LogP) is 0.177. The molecule has 1 unspecified atom stereocenters. The maximum Gasteiger partial charge on any atom is 0.403 e. The summed E-state index contributed by atoms with van der Waals surface area (Å²) in [5, 5.41) is 11.2. The van der Waals surface area contributed by atoms with Crippen LogP contribution in [-0.2, 0) is 18.7 Å². The number of rotatable bonds is 6. The van der Waals surface area contributed by atoms with Crippen molar-refractivity contribution in [3.05, 3.63) is 0 Å². The Hall–Kier alpha value is -0.950. The third-order valence-corrected chi connectivity index (χ3v) is 4.17. The number of amides is 1. The van der Waals surface area contributed by atoms with Crippen LogP contribution in [0.25, 0.3) is 0 Å². The van der Waals surface area contributed by atoms with Crippen LogP contribution in [-0.4, -0.2) is 52.0 Å². The second-order valence-electron chi connectivity index (χ2n) is 4.32. The first-order valence-electron chi connectivity index (χ1n) is 6.07. The molecule has 0 aromatic rings. The highest BCUT2D eigenvalue weighted by atomic mass is 31.2. The second kappa shape index (κ2) is 6.47. The van der Waals surface area contributed by atoms with E-state index in [1.54, 1.807) is 6.92 Å². The van der Waals surface area contributed by atoms with E-state index in [0.29, 0.717) is 19.4 Å². The molecule has 0 aliphatic carbocycles. The molecular weight excluding hydrogens is 275 g/mol. The lowest BCUT2D eigenvalue weighted by atomic mass is 10.2. The Kier molecular flexibility index (Phi) is 5.49. The van der Waals surface area contributed by atoms with Crippen molar-refractivity contribution in [3.63, 3.8) is 0 Å². The van der Waals surface area contributed by atoms with Crippen LogP contribution in [0.5, 0.6) is 0 Å². The van der Waals surface area contributed by atoms with Gasteiger partial charge in [-0.3, -0.25) is 9.32 Å². The number of carbonyl (C=O) groups excluding carboxylic acids is 1. The number of carboxylic acids is 1. The average molecular weight is 294 g/mol. The molecule has 1 amide bonds. The van der Waals surface area contributed by atoms with Gasteiger partial charge >= 0.3 is 13.7 Å². The lowest BCUT2D eigenvalue weighted by Gasteiger charge is -2.26. The van der Waals surface area contributed by atoms with E-state index < -0.39 is 31.7 Å². The number of likely N-dealkylation sites (tertiary alicyclic amines) is 1. The maximum absolute atomic E-state index is 12.1. The quantitative estimate of drug-likeness (QED) is 0.598. The van der Waals surface area contributed by atoms with E-state index in [-0.39, 0.29) is 6.61 Å². The molecule has 9 heteroatoms. The van der Waals surface area contributed by atoms with Gasteiger partial charge in [-0.15, -0.1) is 0 Å². The first-order valence-corrected chi connectivity index (χ1v) is 7.64. The molecule has 0 aromatic carbocycles. The molecule has 0 spiro atoms. The minimum Gasteiger partial charge on any atom is -0.480 e. The molecule has 0 bridgehead atoms. The fourth-order valence-electron chi connectivity index (χ4n) is 2.05. The number of hydrogen-bond donors (Lipinski definition) is 3. The van der Waals surface area contributed by atoms with Gasteiger partial charge in [0.2, 0.25) is 5.91 Å². The Balaban J connectivity index is 2.67. The van der Waals surface area contributed by atoms with E-state index in [1.807, 2.05) is 0 Å². The molecule has 1 heterocycles. The van der Waals surface area contributed by atoms with Crippen LogP contribution in [0, 0.1) is 0 Å². The van der Waals surface area contributed by atoms with Gasteiger partial charge in [0, 0.05) is 6.54 Å². The zero-order valence-electron chi connectivity index (χ0n) is 10.9. The minimum atomic E-state index is -4.03. The normalized spacial score (nSPS) is 23.9. The lowest BCUT2D eigenvalue weighted by Crippen LogP contribution is -2.48. The summed E-state index contributed by atoms with van der Waals surface area (Å²) in [5.74, 6) is -1.58. The van der Waals surface area contributed by atoms with E-state index in [9.17, 15) is 19.0 Å².